The van der Waals surface area contributed by atoms with Gasteiger partial charge in [-0.2, -0.15) is 0 Å². The number of carbonyl (C=O) groups excluding carboxylic acids is 1. The van der Waals surface area contributed by atoms with E-state index in [2.05, 4.69) is 4.98 Å². The first-order valence-electron chi connectivity index (χ1n) is 3.75. The highest BCUT2D eigenvalue weighted by Gasteiger charge is 2.00. The molecule has 0 N–H and O–H groups in total. The molecule has 0 radical (unpaired) electrons. The van der Waals surface area contributed by atoms with Gasteiger partial charge in [0.25, 0.3) is 0 Å². The van der Waals surface area contributed by atoms with Crippen molar-refractivity contribution in [3.63, 3.8) is 0 Å². The van der Waals surface area contributed by atoms with Crippen molar-refractivity contribution in [3.8, 4) is 0 Å². The van der Waals surface area contributed by atoms with Gasteiger partial charge in [0.2, 0.25) is 0 Å². The molecule has 12 heavy (non-hydrogen) atoms. The molecule has 64 valence electrons. The first kappa shape index (κ1) is 8.71. The lowest BCUT2D eigenvalue weighted by Crippen LogP contribution is -2.11. The molecule has 0 aromatic carbocycles. The van der Waals surface area contributed by atoms with Gasteiger partial charge >= 0.3 is 0 Å². The minimum atomic E-state index is 0.653. The number of aryl methyl sites for hydroxylation is 1. The summed E-state index contributed by atoms with van der Waals surface area (Å²) < 4.78 is 0. The van der Waals surface area contributed by atoms with E-state index in [1.807, 2.05) is 32.0 Å². The predicted molar refractivity (Wildman–Crippen MR) is 48.7 cm³/mol. The second-order valence-corrected chi connectivity index (χ2v) is 2.86. The maximum Gasteiger partial charge on any atom is 0.151 e. The fraction of sp³-hybridized carbons (Fsp3) is 0.333. The van der Waals surface area contributed by atoms with E-state index < -0.39 is 0 Å². The van der Waals surface area contributed by atoms with Gasteiger partial charge in [-0.3, -0.25) is 4.79 Å². The van der Waals surface area contributed by atoms with Crippen LogP contribution >= 0.6 is 0 Å². The van der Waals surface area contributed by atoms with E-state index in [9.17, 15) is 4.79 Å². The second-order valence-electron chi connectivity index (χ2n) is 2.86. The van der Waals surface area contributed by atoms with Crippen molar-refractivity contribution < 1.29 is 4.79 Å². The van der Waals surface area contributed by atoms with Crippen molar-refractivity contribution in [1.29, 1.82) is 0 Å². The van der Waals surface area contributed by atoms with Gasteiger partial charge in [0, 0.05) is 19.7 Å². The van der Waals surface area contributed by atoms with E-state index in [0.717, 1.165) is 17.8 Å². The molecule has 0 aliphatic heterocycles. The number of carbonyl (C=O) groups is 1. The quantitative estimate of drug-likeness (QED) is 0.617. The fourth-order valence-corrected chi connectivity index (χ4v) is 0.932. The Morgan fingerprint density at radius 3 is 2.50 bits per heavy atom. The van der Waals surface area contributed by atoms with Crippen molar-refractivity contribution in [2.45, 2.75) is 6.92 Å². The molecular weight excluding hydrogens is 152 g/mol. The highest BCUT2D eigenvalue weighted by Crippen LogP contribution is 2.10. The number of rotatable bonds is 2. The summed E-state index contributed by atoms with van der Waals surface area (Å²) in [6, 6.07) is 3.61. The highest BCUT2D eigenvalue weighted by atomic mass is 16.1. The van der Waals surface area contributed by atoms with E-state index >= 15 is 0 Å². The van der Waals surface area contributed by atoms with Gasteiger partial charge < -0.3 is 4.90 Å². The molecule has 0 atom stereocenters. The lowest BCUT2D eigenvalue weighted by atomic mass is 10.2. The summed E-state index contributed by atoms with van der Waals surface area (Å²) in [6.07, 6.45) is 0.821. The van der Waals surface area contributed by atoms with Crippen molar-refractivity contribution in [2.75, 3.05) is 19.0 Å². The predicted octanol–water partition coefficient (Wildman–Crippen LogP) is 1.27. The summed E-state index contributed by atoms with van der Waals surface area (Å²) in [5.41, 5.74) is 1.43. The van der Waals surface area contributed by atoms with Crippen LogP contribution in [0.1, 0.15) is 16.1 Å². The fourth-order valence-electron chi connectivity index (χ4n) is 0.932. The molecule has 0 fully saturated rings. The molecule has 0 saturated carbocycles. The molecule has 0 aliphatic rings. The molecule has 0 unspecified atom stereocenters. The van der Waals surface area contributed by atoms with Crippen LogP contribution in [0.15, 0.2) is 12.1 Å². The minimum Gasteiger partial charge on any atom is -0.363 e. The van der Waals surface area contributed by atoms with E-state index in [1.165, 1.54) is 0 Å². The van der Waals surface area contributed by atoms with Crippen LogP contribution in [-0.4, -0.2) is 25.4 Å². The molecule has 1 aromatic heterocycles. The molecule has 0 aliphatic carbocycles. The van der Waals surface area contributed by atoms with Crippen LogP contribution in [0.2, 0.25) is 0 Å². The Morgan fingerprint density at radius 1 is 1.42 bits per heavy atom. The lowest BCUT2D eigenvalue weighted by Gasteiger charge is -2.11. The zero-order valence-electron chi connectivity index (χ0n) is 7.53. The van der Waals surface area contributed by atoms with Crippen LogP contribution in [0.25, 0.3) is 0 Å². The summed E-state index contributed by atoms with van der Waals surface area (Å²) in [4.78, 5) is 16.6. The van der Waals surface area contributed by atoms with Crippen molar-refractivity contribution >= 4 is 12.1 Å². The van der Waals surface area contributed by atoms with Crippen LogP contribution in [-0.2, 0) is 0 Å². The Morgan fingerprint density at radius 2 is 2.08 bits per heavy atom. The maximum atomic E-state index is 10.5. The monoisotopic (exact) mass is 164 g/mol. The molecular formula is C9H12N2O. The van der Waals surface area contributed by atoms with E-state index in [4.69, 9.17) is 0 Å². The normalized spacial score (nSPS) is 9.58. The number of aromatic nitrogens is 1. The molecule has 1 heterocycles. The smallest absolute Gasteiger partial charge is 0.151 e. The zero-order valence-corrected chi connectivity index (χ0v) is 7.53. The third kappa shape index (κ3) is 1.61. The van der Waals surface area contributed by atoms with Gasteiger partial charge in [-0.15, -0.1) is 0 Å². The van der Waals surface area contributed by atoms with Gasteiger partial charge in [-0.1, -0.05) is 0 Å². The highest BCUT2D eigenvalue weighted by molar-refractivity contribution is 5.76. The largest absolute Gasteiger partial charge is 0.363 e. The van der Waals surface area contributed by atoms with E-state index in [-0.39, 0.29) is 0 Å². The van der Waals surface area contributed by atoms with Gasteiger partial charge in [0.1, 0.15) is 5.82 Å². The van der Waals surface area contributed by atoms with Crippen LogP contribution in [0.3, 0.4) is 0 Å². The lowest BCUT2D eigenvalue weighted by molar-refractivity contribution is 0.112. The Bertz CT molecular complexity index is 295. The second kappa shape index (κ2) is 3.34. The molecule has 1 aromatic rings. The Kier molecular flexibility index (Phi) is 2.43. The minimum absolute atomic E-state index is 0.653. The van der Waals surface area contributed by atoms with E-state index in [1.54, 1.807) is 6.07 Å². The van der Waals surface area contributed by atoms with Crippen LogP contribution < -0.4 is 4.90 Å². The molecule has 0 saturated heterocycles. The summed E-state index contributed by atoms with van der Waals surface area (Å²) in [7, 11) is 3.84. The zero-order chi connectivity index (χ0) is 9.14. The molecule has 0 amide bonds. The van der Waals surface area contributed by atoms with E-state index in [0.29, 0.717) is 5.56 Å². The summed E-state index contributed by atoms with van der Waals surface area (Å²) in [5.74, 6) is 0.873. The van der Waals surface area contributed by atoms with Crippen molar-refractivity contribution in [3.05, 3.63) is 23.4 Å². The first-order valence-corrected chi connectivity index (χ1v) is 3.75. The van der Waals surface area contributed by atoms with Crippen LogP contribution in [0, 0.1) is 6.92 Å². The van der Waals surface area contributed by atoms with Gasteiger partial charge in [0.05, 0.1) is 5.69 Å². The molecule has 0 spiro atoms. The summed E-state index contributed by atoms with van der Waals surface area (Å²) in [6.45, 7) is 1.83. The number of pyridine rings is 1. The first-order chi connectivity index (χ1) is 5.65. The molecule has 0 bridgehead atoms. The number of hydrogen-bond acceptors (Lipinski definition) is 3. The molecule has 3 heteroatoms. The van der Waals surface area contributed by atoms with Crippen LogP contribution in [0.4, 0.5) is 5.82 Å². The Labute approximate surface area is 72.0 Å². The van der Waals surface area contributed by atoms with Crippen molar-refractivity contribution in [2.24, 2.45) is 0 Å². The number of anilines is 1. The third-order valence-electron chi connectivity index (χ3n) is 1.70. The SMILES string of the molecule is Cc1nc(N(C)C)ccc1C=O. The standard InChI is InChI=1S/C9H12N2O/c1-7-8(6-12)4-5-9(10-7)11(2)3/h4-6H,1-3H3. The van der Waals surface area contributed by atoms with Crippen molar-refractivity contribution in [1.82, 2.24) is 4.98 Å². The molecule has 1 rings (SSSR count). The molecule has 3 nitrogen and oxygen atoms in total. The average Bonchev–Trinajstić information content (AvgIpc) is 2.04. The van der Waals surface area contributed by atoms with Gasteiger partial charge in [-0.05, 0) is 19.1 Å². The topological polar surface area (TPSA) is 33.2 Å². The number of nitrogens with zero attached hydrogens (tertiary/aromatic N) is 2. The Hall–Kier alpha value is -1.38. The third-order valence-corrected chi connectivity index (χ3v) is 1.70. The summed E-state index contributed by atoms with van der Waals surface area (Å²) >= 11 is 0. The summed E-state index contributed by atoms with van der Waals surface area (Å²) in [5, 5.41) is 0. The van der Waals surface area contributed by atoms with Crippen LogP contribution in [0.5, 0.6) is 0 Å². The van der Waals surface area contributed by atoms with Gasteiger partial charge in [0.15, 0.2) is 6.29 Å². The Balaban J connectivity index is 3.10. The average molecular weight is 164 g/mol. The number of hydrogen-bond donors (Lipinski definition) is 0. The van der Waals surface area contributed by atoms with Gasteiger partial charge in [-0.25, -0.2) is 4.98 Å². The number of aldehydes is 1. The maximum absolute atomic E-state index is 10.5.